The van der Waals surface area contributed by atoms with Crippen LogP contribution in [0.15, 0.2) is 53.4 Å². The molecule has 1 heterocycles. The van der Waals surface area contributed by atoms with Gasteiger partial charge >= 0.3 is 6.61 Å². The predicted molar refractivity (Wildman–Crippen MR) is 120 cm³/mol. The molecule has 0 radical (unpaired) electrons. The summed E-state index contributed by atoms with van der Waals surface area (Å²) in [5.41, 5.74) is 0.620. The van der Waals surface area contributed by atoms with E-state index in [4.69, 9.17) is 4.74 Å². The van der Waals surface area contributed by atoms with Crippen molar-refractivity contribution < 1.29 is 31.5 Å². The average molecular weight is 482 g/mol. The van der Waals surface area contributed by atoms with E-state index < -0.39 is 22.5 Å². The first-order valence-electron chi connectivity index (χ1n) is 10.1. The smallest absolute Gasteiger partial charge is 0.387 e. The second-order valence-electron chi connectivity index (χ2n) is 7.31. The number of piperazine rings is 1. The third-order valence-electron chi connectivity index (χ3n) is 5.07. The third-order valence-corrected chi connectivity index (χ3v) is 6.99. The summed E-state index contributed by atoms with van der Waals surface area (Å²) >= 11 is 0. The van der Waals surface area contributed by atoms with Crippen molar-refractivity contribution in [3.8, 4) is 11.5 Å². The summed E-state index contributed by atoms with van der Waals surface area (Å²) in [5.74, 6) is -0.608. The van der Waals surface area contributed by atoms with Gasteiger partial charge in [-0.3, -0.25) is 4.79 Å². The lowest BCUT2D eigenvalue weighted by Crippen LogP contribution is -2.46. The normalized spacial score (nSPS) is 15.7. The summed E-state index contributed by atoms with van der Waals surface area (Å²) in [6.07, 6.45) is 2.48. The van der Waals surface area contributed by atoms with E-state index in [9.17, 15) is 22.0 Å². The topological polar surface area (TPSA) is 88.2 Å². The molecule has 0 atom stereocenters. The van der Waals surface area contributed by atoms with Crippen LogP contribution in [0.25, 0.3) is 6.08 Å². The highest BCUT2D eigenvalue weighted by Gasteiger charge is 2.27. The molecule has 33 heavy (non-hydrogen) atoms. The summed E-state index contributed by atoms with van der Waals surface area (Å²) in [7, 11) is -0.343. The maximum absolute atomic E-state index is 12.8. The molecule has 1 saturated heterocycles. The van der Waals surface area contributed by atoms with Crippen LogP contribution in [0.3, 0.4) is 0 Å². The van der Waals surface area contributed by atoms with Crippen LogP contribution in [-0.2, 0) is 14.8 Å². The molecule has 2 aromatic rings. The number of amides is 1. The highest BCUT2D eigenvalue weighted by molar-refractivity contribution is 7.89. The second-order valence-corrected chi connectivity index (χ2v) is 9.25. The Balaban J connectivity index is 1.68. The molecule has 3 rings (SSSR count). The maximum atomic E-state index is 12.8. The number of carbonyl (C=O) groups is 1. The van der Waals surface area contributed by atoms with Crippen molar-refractivity contribution in [2.24, 2.45) is 0 Å². The zero-order chi connectivity index (χ0) is 24.0. The lowest BCUT2D eigenvalue weighted by Gasteiger charge is -2.31. The van der Waals surface area contributed by atoms with Gasteiger partial charge in [0.05, 0.1) is 12.0 Å². The Morgan fingerprint density at radius 1 is 1.09 bits per heavy atom. The Morgan fingerprint density at radius 2 is 1.76 bits per heavy atom. The molecule has 1 N–H and O–H groups in total. The number of alkyl halides is 2. The number of hydrogen-bond acceptors (Lipinski definition) is 6. The molecule has 8 nitrogen and oxygen atoms in total. The number of methoxy groups -OCH3 is 1. The number of carbonyl (C=O) groups excluding carboxylic acids is 1. The molecule has 1 aliphatic rings. The number of likely N-dealkylation sites (N-methyl/N-ethyl adjacent to an activating group) is 1. The standard InChI is InChI=1S/C22H25F2N3O5S/c1-26-12-14-27(15-13-26)33(29,30)18-9-7-17(8-10-18)25-20(28)11-6-16-4-3-5-19(31-2)21(16)32-22(23)24/h3-11,22H,12-15H2,1-2H3,(H,25,28)/b11-6+. The molecule has 0 aromatic heterocycles. The molecule has 2 aromatic carbocycles. The number of nitrogens with one attached hydrogen (secondary N) is 1. The van der Waals surface area contributed by atoms with Crippen molar-refractivity contribution in [2.75, 3.05) is 45.7 Å². The summed E-state index contributed by atoms with van der Waals surface area (Å²) < 4.78 is 62.0. The number of hydrogen-bond donors (Lipinski definition) is 1. The van der Waals surface area contributed by atoms with E-state index in [2.05, 4.69) is 15.0 Å². The van der Waals surface area contributed by atoms with Gasteiger partial charge in [-0.25, -0.2) is 8.42 Å². The summed E-state index contributed by atoms with van der Waals surface area (Å²) in [6.45, 7) is -0.885. The molecule has 0 aliphatic carbocycles. The molecule has 0 spiro atoms. The van der Waals surface area contributed by atoms with Gasteiger partial charge in [0.1, 0.15) is 0 Å². The fourth-order valence-corrected chi connectivity index (χ4v) is 4.70. The van der Waals surface area contributed by atoms with Crippen LogP contribution in [0, 0.1) is 0 Å². The predicted octanol–water partition coefficient (Wildman–Crippen LogP) is 2.88. The summed E-state index contributed by atoms with van der Waals surface area (Å²) in [4.78, 5) is 14.5. The number of para-hydroxylation sites is 1. The largest absolute Gasteiger partial charge is 0.493 e. The van der Waals surface area contributed by atoms with Crippen LogP contribution in [0.2, 0.25) is 0 Å². The number of anilines is 1. The van der Waals surface area contributed by atoms with E-state index in [-0.39, 0.29) is 22.0 Å². The van der Waals surface area contributed by atoms with E-state index in [1.54, 1.807) is 6.07 Å². The quantitative estimate of drug-likeness (QED) is 0.584. The maximum Gasteiger partial charge on any atom is 0.387 e. The zero-order valence-electron chi connectivity index (χ0n) is 18.2. The Labute approximate surface area is 191 Å². The lowest BCUT2D eigenvalue weighted by molar-refractivity contribution is -0.111. The third kappa shape index (κ3) is 6.28. The van der Waals surface area contributed by atoms with Crippen LogP contribution in [0.4, 0.5) is 14.5 Å². The Bertz CT molecular complexity index is 1100. The zero-order valence-corrected chi connectivity index (χ0v) is 19.0. The van der Waals surface area contributed by atoms with Crippen molar-refractivity contribution in [1.29, 1.82) is 0 Å². The van der Waals surface area contributed by atoms with E-state index in [1.807, 2.05) is 7.05 Å². The second kappa shape index (κ2) is 10.7. The first-order valence-corrected chi connectivity index (χ1v) is 11.5. The van der Waals surface area contributed by atoms with Gasteiger partial charge in [-0.15, -0.1) is 0 Å². The molecule has 178 valence electrons. The SMILES string of the molecule is COc1cccc(/C=C/C(=O)Nc2ccc(S(=O)(=O)N3CCN(C)CC3)cc2)c1OC(F)F. The first-order chi connectivity index (χ1) is 15.7. The fourth-order valence-electron chi connectivity index (χ4n) is 3.28. The van der Waals surface area contributed by atoms with Gasteiger partial charge in [-0.1, -0.05) is 12.1 Å². The van der Waals surface area contributed by atoms with E-state index in [0.717, 1.165) is 6.08 Å². The van der Waals surface area contributed by atoms with Gasteiger partial charge in [0.2, 0.25) is 15.9 Å². The summed E-state index contributed by atoms with van der Waals surface area (Å²) in [6, 6.07) is 10.4. The lowest BCUT2D eigenvalue weighted by atomic mass is 10.1. The number of benzene rings is 2. The van der Waals surface area contributed by atoms with Gasteiger partial charge in [0, 0.05) is 43.5 Å². The fraction of sp³-hybridized carbons (Fsp3) is 0.318. The number of rotatable bonds is 8. The molecule has 0 bridgehead atoms. The number of ether oxygens (including phenoxy) is 2. The molecular formula is C22H25F2N3O5S. The Kier molecular flexibility index (Phi) is 8.01. The highest BCUT2D eigenvalue weighted by atomic mass is 32.2. The molecule has 0 saturated carbocycles. The van der Waals surface area contributed by atoms with Crippen LogP contribution in [0.5, 0.6) is 11.5 Å². The Hall–Kier alpha value is -3.02. The van der Waals surface area contributed by atoms with Crippen molar-refractivity contribution in [3.05, 3.63) is 54.1 Å². The Morgan fingerprint density at radius 3 is 2.36 bits per heavy atom. The number of halogens is 2. The number of nitrogens with zero attached hydrogens (tertiary/aromatic N) is 2. The molecule has 0 unspecified atom stereocenters. The monoisotopic (exact) mass is 481 g/mol. The first kappa shape index (κ1) is 24.6. The molecule has 1 amide bonds. The van der Waals surface area contributed by atoms with Gasteiger partial charge in [-0.2, -0.15) is 13.1 Å². The van der Waals surface area contributed by atoms with Crippen molar-refractivity contribution >= 4 is 27.7 Å². The minimum absolute atomic E-state index is 0.106. The highest BCUT2D eigenvalue weighted by Crippen LogP contribution is 2.33. The van der Waals surface area contributed by atoms with Gasteiger partial charge in [-0.05, 0) is 43.5 Å². The number of sulfonamides is 1. The molecular weight excluding hydrogens is 456 g/mol. The minimum Gasteiger partial charge on any atom is -0.493 e. The van der Waals surface area contributed by atoms with E-state index >= 15 is 0 Å². The van der Waals surface area contributed by atoms with Crippen LogP contribution in [0.1, 0.15) is 5.56 Å². The minimum atomic E-state index is -3.61. The van der Waals surface area contributed by atoms with Crippen LogP contribution in [-0.4, -0.2) is 70.5 Å². The summed E-state index contributed by atoms with van der Waals surface area (Å²) in [5, 5.41) is 2.60. The van der Waals surface area contributed by atoms with Crippen LogP contribution < -0.4 is 14.8 Å². The van der Waals surface area contributed by atoms with Gasteiger partial charge < -0.3 is 19.7 Å². The van der Waals surface area contributed by atoms with Gasteiger partial charge in [0.25, 0.3) is 0 Å². The van der Waals surface area contributed by atoms with Crippen LogP contribution >= 0.6 is 0 Å². The van der Waals surface area contributed by atoms with E-state index in [0.29, 0.717) is 31.9 Å². The van der Waals surface area contributed by atoms with Gasteiger partial charge in [0.15, 0.2) is 11.5 Å². The average Bonchev–Trinajstić information content (AvgIpc) is 2.78. The molecule has 1 aliphatic heterocycles. The van der Waals surface area contributed by atoms with Crippen molar-refractivity contribution in [1.82, 2.24) is 9.21 Å². The molecule has 1 fully saturated rings. The van der Waals surface area contributed by atoms with E-state index in [1.165, 1.54) is 53.9 Å². The van der Waals surface area contributed by atoms with Crippen molar-refractivity contribution in [3.63, 3.8) is 0 Å². The van der Waals surface area contributed by atoms with Crippen molar-refractivity contribution in [2.45, 2.75) is 11.5 Å². The molecule has 11 heteroatoms.